The van der Waals surface area contributed by atoms with Crippen LogP contribution in [0.5, 0.6) is 0 Å². The molecule has 1 aromatic carbocycles. The molecule has 0 saturated heterocycles. The molecule has 1 N–H and O–H groups in total. The maximum atomic E-state index is 12.2. The molecular weight excluding hydrogens is 328 g/mol. The number of carbonyl (C=O) groups excluding carboxylic acids is 1. The fourth-order valence-corrected chi connectivity index (χ4v) is 4.09. The Kier molecular flexibility index (Phi) is 6.65. The Balaban J connectivity index is 1.41. The molecule has 0 bridgehead atoms. The van der Waals surface area contributed by atoms with E-state index in [1.807, 2.05) is 0 Å². The van der Waals surface area contributed by atoms with Gasteiger partial charge in [-0.25, -0.2) is 0 Å². The molecule has 1 fully saturated rings. The van der Waals surface area contributed by atoms with E-state index in [1.54, 1.807) is 11.3 Å². The van der Waals surface area contributed by atoms with Crippen LogP contribution in [0.4, 0.5) is 0 Å². The van der Waals surface area contributed by atoms with E-state index in [-0.39, 0.29) is 5.91 Å². The second-order valence-corrected chi connectivity index (χ2v) is 8.07. The van der Waals surface area contributed by atoms with Gasteiger partial charge in [0.2, 0.25) is 5.91 Å². The second-order valence-electron chi connectivity index (χ2n) is 7.04. The van der Waals surface area contributed by atoms with Crippen molar-refractivity contribution in [3.05, 3.63) is 58.3 Å². The van der Waals surface area contributed by atoms with E-state index in [0.29, 0.717) is 12.5 Å². The van der Waals surface area contributed by atoms with Crippen molar-refractivity contribution in [1.82, 2.24) is 10.2 Å². The van der Waals surface area contributed by atoms with Gasteiger partial charge in [0.1, 0.15) is 0 Å². The molecule has 0 aliphatic heterocycles. The molecule has 4 heteroatoms. The van der Waals surface area contributed by atoms with Crippen molar-refractivity contribution in [3.8, 4) is 0 Å². The number of thiophene rings is 1. The molecule has 3 nitrogen and oxygen atoms in total. The molecule has 1 aromatic heterocycles. The van der Waals surface area contributed by atoms with Crippen LogP contribution in [0.1, 0.15) is 36.1 Å². The lowest BCUT2D eigenvalue weighted by atomic mass is 10.1. The lowest BCUT2D eigenvalue weighted by Crippen LogP contribution is -2.43. The maximum absolute atomic E-state index is 12.2. The van der Waals surface area contributed by atoms with Gasteiger partial charge in [-0.15, -0.1) is 11.3 Å². The van der Waals surface area contributed by atoms with Crippen LogP contribution in [0.2, 0.25) is 0 Å². The topological polar surface area (TPSA) is 32.3 Å². The zero-order valence-electron chi connectivity index (χ0n) is 15.0. The first-order valence-electron chi connectivity index (χ1n) is 9.25. The highest BCUT2D eigenvalue weighted by Gasteiger charge is 2.33. The number of hydrogen-bond donors (Lipinski definition) is 1. The fourth-order valence-electron chi connectivity index (χ4n) is 3.34. The third-order valence-electron chi connectivity index (χ3n) is 4.92. The average molecular weight is 357 g/mol. The number of amides is 1. The molecule has 0 unspecified atom stereocenters. The van der Waals surface area contributed by atoms with Crippen LogP contribution < -0.4 is 5.32 Å². The zero-order chi connectivity index (χ0) is 17.5. The van der Waals surface area contributed by atoms with Crippen LogP contribution in [0.3, 0.4) is 0 Å². The van der Waals surface area contributed by atoms with Crippen LogP contribution >= 0.6 is 11.3 Å². The van der Waals surface area contributed by atoms with Crippen molar-refractivity contribution >= 4 is 17.2 Å². The Morgan fingerprint density at radius 2 is 2.04 bits per heavy atom. The average Bonchev–Trinajstić information content (AvgIpc) is 3.31. The Labute approximate surface area is 155 Å². The van der Waals surface area contributed by atoms with Gasteiger partial charge in [-0.3, -0.25) is 9.69 Å². The normalized spacial score (nSPS) is 15.3. The second kappa shape index (κ2) is 9.16. The summed E-state index contributed by atoms with van der Waals surface area (Å²) in [6, 6.07) is 15.2. The Hall–Kier alpha value is -1.65. The van der Waals surface area contributed by atoms with Crippen molar-refractivity contribution in [1.29, 1.82) is 0 Å². The minimum Gasteiger partial charge on any atom is -0.355 e. The van der Waals surface area contributed by atoms with Crippen molar-refractivity contribution in [2.45, 2.75) is 44.7 Å². The van der Waals surface area contributed by atoms with Gasteiger partial charge in [-0.05, 0) is 55.7 Å². The van der Waals surface area contributed by atoms with Crippen molar-refractivity contribution in [3.63, 3.8) is 0 Å². The van der Waals surface area contributed by atoms with Gasteiger partial charge in [0.15, 0.2) is 0 Å². The summed E-state index contributed by atoms with van der Waals surface area (Å²) in [7, 11) is 2.18. The third kappa shape index (κ3) is 5.98. The Morgan fingerprint density at radius 3 is 2.72 bits per heavy atom. The molecule has 1 amide bonds. The monoisotopic (exact) mass is 356 g/mol. The summed E-state index contributed by atoms with van der Waals surface area (Å²) < 4.78 is 0. The van der Waals surface area contributed by atoms with Gasteiger partial charge in [0.05, 0.1) is 0 Å². The smallest absolute Gasteiger partial charge is 0.220 e. The first-order valence-corrected chi connectivity index (χ1v) is 10.1. The largest absolute Gasteiger partial charge is 0.355 e. The van der Waals surface area contributed by atoms with E-state index in [9.17, 15) is 4.79 Å². The number of aryl methyl sites for hydroxylation is 1. The maximum Gasteiger partial charge on any atom is 0.220 e. The highest BCUT2D eigenvalue weighted by atomic mass is 32.1. The number of carbonyl (C=O) groups is 1. The molecule has 1 heterocycles. The molecule has 0 spiro atoms. The van der Waals surface area contributed by atoms with Crippen LogP contribution in [-0.2, 0) is 17.8 Å². The Morgan fingerprint density at radius 1 is 1.24 bits per heavy atom. The lowest BCUT2D eigenvalue weighted by molar-refractivity contribution is -0.121. The molecule has 2 aromatic rings. The first-order chi connectivity index (χ1) is 12.2. The van der Waals surface area contributed by atoms with Gasteiger partial charge in [0, 0.05) is 30.4 Å². The molecular formula is C21H28N2OS. The van der Waals surface area contributed by atoms with Crippen molar-refractivity contribution in [2.24, 2.45) is 5.92 Å². The standard InChI is InChI=1S/C21H28N2OS/c1-23(16-17-7-3-2-4-8-17)20(18-12-13-18)15-22-21(24)11-5-9-19-10-6-14-25-19/h2-4,6-8,10,14,18,20H,5,9,11-13,15-16H2,1H3,(H,22,24)/t20-/m1/s1. The molecule has 1 saturated carbocycles. The summed E-state index contributed by atoms with van der Waals surface area (Å²) in [5.41, 5.74) is 1.33. The molecule has 1 aliphatic carbocycles. The van der Waals surface area contributed by atoms with Crippen LogP contribution in [-0.4, -0.2) is 30.4 Å². The van der Waals surface area contributed by atoms with Crippen LogP contribution in [0, 0.1) is 5.92 Å². The molecule has 134 valence electrons. The molecule has 1 aliphatic rings. The molecule has 3 rings (SSSR count). The minimum atomic E-state index is 0.190. The number of likely N-dealkylation sites (N-methyl/N-ethyl adjacent to an activating group) is 1. The van der Waals surface area contributed by atoms with Gasteiger partial charge in [0.25, 0.3) is 0 Å². The summed E-state index contributed by atoms with van der Waals surface area (Å²) >= 11 is 1.77. The molecule has 0 radical (unpaired) electrons. The van der Waals surface area contributed by atoms with E-state index in [2.05, 4.69) is 65.1 Å². The summed E-state index contributed by atoms with van der Waals surface area (Å²) in [4.78, 5) is 15.9. The quantitative estimate of drug-likeness (QED) is 0.695. The summed E-state index contributed by atoms with van der Waals surface area (Å²) in [5.74, 6) is 0.926. The predicted molar refractivity (Wildman–Crippen MR) is 105 cm³/mol. The number of nitrogens with one attached hydrogen (secondary N) is 1. The van der Waals surface area contributed by atoms with Crippen LogP contribution in [0.15, 0.2) is 47.8 Å². The minimum absolute atomic E-state index is 0.190. The lowest BCUT2D eigenvalue weighted by Gasteiger charge is -2.28. The number of nitrogens with zero attached hydrogens (tertiary/aromatic N) is 1. The summed E-state index contributed by atoms with van der Waals surface area (Å²) in [5, 5.41) is 5.27. The number of hydrogen-bond acceptors (Lipinski definition) is 3. The zero-order valence-corrected chi connectivity index (χ0v) is 15.8. The van der Waals surface area contributed by atoms with E-state index in [0.717, 1.165) is 31.8 Å². The molecule has 25 heavy (non-hydrogen) atoms. The number of rotatable bonds is 10. The SMILES string of the molecule is CN(Cc1ccccc1)[C@H](CNC(=O)CCCc1cccs1)C1CC1. The van der Waals surface area contributed by atoms with Crippen LogP contribution in [0.25, 0.3) is 0 Å². The van der Waals surface area contributed by atoms with Crippen molar-refractivity contribution < 1.29 is 4.79 Å². The Bertz CT molecular complexity index is 637. The first kappa shape index (κ1) is 18.2. The van der Waals surface area contributed by atoms with E-state index in [1.165, 1.54) is 23.3 Å². The summed E-state index contributed by atoms with van der Waals surface area (Å²) in [6.07, 6.45) is 5.14. The fraction of sp³-hybridized carbons (Fsp3) is 0.476. The van der Waals surface area contributed by atoms with Gasteiger partial charge < -0.3 is 5.32 Å². The third-order valence-corrected chi connectivity index (χ3v) is 5.86. The molecule has 1 atom stereocenters. The predicted octanol–water partition coefficient (Wildman–Crippen LogP) is 4.10. The van der Waals surface area contributed by atoms with Gasteiger partial charge >= 0.3 is 0 Å². The van der Waals surface area contributed by atoms with Gasteiger partial charge in [-0.2, -0.15) is 0 Å². The van der Waals surface area contributed by atoms with Crippen molar-refractivity contribution in [2.75, 3.05) is 13.6 Å². The number of benzene rings is 1. The van der Waals surface area contributed by atoms with E-state index in [4.69, 9.17) is 0 Å². The highest BCUT2D eigenvalue weighted by Crippen LogP contribution is 2.35. The van der Waals surface area contributed by atoms with E-state index < -0.39 is 0 Å². The van der Waals surface area contributed by atoms with E-state index >= 15 is 0 Å². The summed E-state index contributed by atoms with van der Waals surface area (Å²) in [6.45, 7) is 1.71. The van der Waals surface area contributed by atoms with Gasteiger partial charge in [-0.1, -0.05) is 36.4 Å². The highest BCUT2D eigenvalue weighted by molar-refractivity contribution is 7.09.